The van der Waals surface area contributed by atoms with Crippen LogP contribution in [0.1, 0.15) is 34.5 Å². The summed E-state index contributed by atoms with van der Waals surface area (Å²) in [6, 6.07) is 12.2. The zero-order chi connectivity index (χ0) is 19.1. The Morgan fingerprint density at radius 3 is 2.38 bits per heavy atom. The summed E-state index contributed by atoms with van der Waals surface area (Å²) in [5.41, 5.74) is 2.02. The molecule has 6 nitrogen and oxygen atoms in total. The van der Waals surface area contributed by atoms with Gasteiger partial charge in [0.25, 0.3) is 5.91 Å². The summed E-state index contributed by atoms with van der Waals surface area (Å²) in [5, 5.41) is 2.80. The van der Waals surface area contributed by atoms with Crippen molar-refractivity contribution in [2.24, 2.45) is 0 Å². The predicted octanol–water partition coefficient (Wildman–Crippen LogP) is 3.05. The van der Waals surface area contributed by atoms with Gasteiger partial charge in [0, 0.05) is 0 Å². The fraction of sp³-hybridized carbons (Fsp3) is 0.300. The Morgan fingerprint density at radius 1 is 1.04 bits per heavy atom. The topological polar surface area (TPSA) is 73.9 Å². The van der Waals surface area contributed by atoms with Gasteiger partial charge in [0.2, 0.25) is 0 Å². The Morgan fingerprint density at radius 2 is 1.73 bits per heavy atom. The van der Waals surface area contributed by atoms with Gasteiger partial charge >= 0.3 is 5.97 Å². The molecule has 0 aliphatic rings. The molecular formula is C20H23NO5. The monoisotopic (exact) mass is 357 g/mol. The fourth-order valence-electron chi connectivity index (χ4n) is 2.48. The van der Waals surface area contributed by atoms with Crippen LogP contribution in [-0.4, -0.2) is 32.7 Å². The normalized spacial score (nSPS) is 11.4. The summed E-state index contributed by atoms with van der Waals surface area (Å²) in [6.45, 7) is 3.28. The second kappa shape index (κ2) is 8.89. The Bertz CT molecular complexity index is 788. The van der Waals surface area contributed by atoms with Gasteiger partial charge in [0.15, 0.2) is 6.61 Å². The molecule has 26 heavy (non-hydrogen) atoms. The lowest BCUT2D eigenvalue weighted by atomic mass is 10.1. The molecule has 0 saturated heterocycles. The van der Waals surface area contributed by atoms with Crippen LogP contribution >= 0.6 is 0 Å². The summed E-state index contributed by atoms with van der Waals surface area (Å²) in [4.78, 5) is 24.2. The smallest absolute Gasteiger partial charge is 0.338 e. The maximum absolute atomic E-state index is 12.1. The molecule has 0 aliphatic carbocycles. The van der Waals surface area contributed by atoms with Gasteiger partial charge in [-0.3, -0.25) is 4.79 Å². The molecule has 6 heteroatoms. The molecule has 1 N–H and O–H groups in total. The van der Waals surface area contributed by atoms with E-state index in [0.29, 0.717) is 17.1 Å². The number of amides is 1. The maximum atomic E-state index is 12.1. The maximum Gasteiger partial charge on any atom is 0.338 e. The molecule has 0 radical (unpaired) electrons. The van der Waals surface area contributed by atoms with E-state index in [1.807, 2.05) is 31.2 Å². The second-order valence-corrected chi connectivity index (χ2v) is 5.82. The lowest BCUT2D eigenvalue weighted by Crippen LogP contribution is -2.31. The van der Waals surface area contributed by atoms with Gasteiger partial charge in [-0.15, -0.1) is 0 Å². The average molecular weight is 357 g/mol. The van der Waals surface area contributed by atoms with Crippen molar-refractivity contribution in [3.05, 3.63) is 59.2 Å². The number of benzene rings is 2. The van der Waals surface area contributed by atoms with Gasteiger partial charge in [-0.25, -0.2) is 4.79 Å². The molecule has 2 rings (SSSR count). The van der Waals surface area contributed by atoms with Crippen LogP contribution < -0.4 is 14.8 Å². The second-order valence-electron chi connectivity index (χ2n) is 5.82. The number of carbonyl (C=O) groups is 2. The number of ether oxygens (including phenoxy) is 3. The van der Waals surface area contributed by atoms with Gasteiger partial charge in [0.1, 0.15) is 11.5 Å². The number of methoxy groups -OCH3 is 2. The molecule has 2 aromatic rings. The van der Waals surface area contributed by atoms with E-state index in [0.717, 1.165) is 11.1 Å². The lowest BCUT2D eigenvalue weighted by molar-refractivity contribution is -0.124. The van der Waals surface area contributed by atoms with Crippen LogP contribution in [0.5, 0.6) is 11.5 Å². The van der Waals surface area contributed by atoms with E-state index >= 15 is 0 Å². The molecule has 2 aromatic carbocycles. The number of hydrogen-bond donors (Lipinski definition) is 1. The van der Waals surface area contributed by atoms with Gasteiger partial charge < -0.3 is 19.5 Å². The molecular weight excluding hydrogens is 334 g/mol. The summed E-state index contributed by atoms with van der Waals surface area (Å²) in [6.07, 6.45) is 0. The van der Waals surface area contributed by atoms with Crippen molar-refractivity contribution in [3.63, 3.8) is 0 Å². The number of hydrogen-bond acceptors (Lipinski definition) is 5. The molecule has 1 amide bonds. The standard InChI is InChI=1S/C20H23NO5/c1-13-10-17(25-4)8-9-18(13)20(23)26-12-19(22)21-14(2)15-6-5-7-16(11-15)24-3/h5-11,14H,12H2,1-4H3,(H,21,22)/t14-/m0/s1. The number of nitrogens with one attached hydrogen (secondary N) is 1. The van der Waals surface area contributed by atoms with E-state index in [4.69, 9.17) is 14.2 Å². The van der Waals surface area contributed by atoms with E-state index < -0.39 is 5.97 Å². The van der Waals surface area contributed by atoms with E-state index in [1.54, 1.807) is 39.3 Å². The summed E-state index contributed by atoms with van der Waals surface area (Å²) in [5.74, 6) is 0.447. The molecule has 0 saturated carbocycles. The number of carbonyl (C=O) groups excluding carboxylic acids is 2. The number of rotatable bonds is 7. The third-order valence-electron chi connectivity index (χ3n) is 3.96. The first-order chi connectivity index (χ1) is 12.4. The van der Waals surface area contributed by atoms with Crippen LogP contribution in [-0.2, 0) is 9.53 Å². The van der Waals surface area contributed by atoms with Crippen molar-refractivity contribution >= 4 is 11.9 Å². The molecule has 0 aromatic heterocycles. The van der Waals surface area contributed by atoms with Gasteiger partial charge in [-0.2, -0.15) is 0 Å². The van der Waals surface area contributed by atoms with Crippen LogP contribution in [0.3, 0.4) is 0 Å². The highest BCUT2D eigenvalue weighted by atomic mass is 16.5. The zero-order valence-electron chi connectivity index (χ0n) is 15.4. The Hall–Kier alpha value is -3.02. The largest absolute Gasteiger partial charge is 0.497 e. The molecule has 0 aliphatic heterocycles. The Kier molecular flexibility index (Phi) is 6.60. The van der Waals surface area contributed by atoms with Gasteiger partial charge in [-0.05, 0) is 55.3 Å². The first-order valence-electron chi connectivity index (χ1n) is 8.19. The highest BCUT2D eigenvalue weighted by Gasteiger charge is 2.15. The van der Waals surface area contributed by atoms with Gasteiger partial charge in [-0.1, -0.05) is 12.1 Å². The lowest BCUT2D eigenvalue weighted by Gasteiger charge is -2.15. The molecule has 0 unspecified atom stereocenters. The van der Waals surface area contributed by atoms with Gasteiger partial charge in [0.05, 0.1) is 25.8 Å². The molecule has 0 heterocycles. The molecule has 0 fully saturated rings. The first kappa shape index (κ1) is 19.3. The molecule has 0 spiro atoms. The predicted molar refractivity (Wildman–Crippen MR) is 97.6 cm³/mol. The van der Waals surface area contributed by atoms with Crippen molar-refractivity contribution in [1.82, 2.24) is 5.32 Å². The average Bonchev–Trinajstić information content (AvgIpc) is 2.65. The SMILES string of the molecule is COc1cccc([C@H](C)NC(=O)COC(=O)c2ccc(OC)cc2C)c1. The summed E-state index contributed by atoms with van der Waals surface area (Å²) < 4.78 is 15.4. The van der Waals surface area contributed by atoms with Crippen molar-refractivity contribution < 1.29 is 23.8 Å². The molecule has 1 atom stereocenters. The van der Waals surface area contributed by atoms with E-state index in [-0.39, 0.29) is 18.6 Å². The first-order valence-corrected chi connectivity index (χ1v) is 8.19. The summed E-state index contributed by atoms with van der Waals surface area (Å²) >= 11 is 0. The van der Waals surface area contributed by atoms with Crippen molar-refractivity contribution in [2.45, 2.75) is 19.9 Å². The van der Waals surface area contributed by atoms with Crippen LogP contribution in [0.15, 0.2) is 42.5 Å². The van der Waals surface area contributed by atoms with Crippen molar-refractivity contribution in [1.29, 1.82) is 0 Å². The van der Waals surface area contributed by atoms with Crippen LogP contribution in [0.25, 0.3) is 0 Å². The van der Waals surface area contributed by atoms with Crippen LogP contribution in [0.4, 0.5) is 0 Å². The van der Waals surface area contributed by atoms with Crippen molar-refractivity contribution in [2.75, 3.05) is 20.8 Å². The highest BCUT2D eigenvalue weighted by molar-refractivity contribution is 5.92. The van der Waals surface area contributed by atoms with Crippen LogP contribution in [0.2, 0.25) is 0 Å². The minimum Gasteiger partial charge on any atom is -0.497 e. The zero-order valence-corrected chi connectivity index (χ0v) is 15.4. The minimum absolute atomic E-state index is 0.237. The molecule has 138 valence electrons. The Labute approximate surface area is 153 Å². The minimum atomic E-state index is -0.547. The third kappa shape index (κ3) is 4.99. The third-order valence-corrected chi connectivity index (χ3v) is 3.96. The quantitative estimate of drug-likeness (QED) is 0.771. The van der Waals surface area contributed by atoms with E-state index in [2.05, 4.69) is 5.32 Å². The fourth-order valence-corrected chi connectivity index (χ4v) is 2.48. The van der Waals surface area contributed by atoms with E-state index in [9.17, 15) is 9.59 Å². The molecule has 0 bridgehead atoms. The number of esters is 1. The van der Waals surface area contributed by atoms with E-state index in [1.165, 1.54) is 0 Å². The summed E-state index contributed by atoms with van der Waals surface area (Å²) in [7, 11) is 3.14. The highest BCUT2D eigenvalue weighted by Crippen LogP contribution is 2.19. The Balaban J connectivity index is 1.90. The number of aryl methyl sites for hydroxylation is 1. The van der Waals surface area contributed by atoms with Crippen molar-refractivity contribution in [3.8, 4) is 11.5 Å². The van der Waals surface area contributed by atoms with Crippen LogP contribution in [0, 0.1) is 6.92 Å².